The summed E-state index contributed by atoms with van der Waals surface area (Å²) in [5.41, 5.74) is 5.15. The van der Waals surface area contributed by atoms with Gasteiger partial charge in [-0.05, 0) is 61.7 Å². The molecule has 6 heteroatoms. The molecule has 3 amide bonds. The van der Waals surface area contributed by atoms with Gasteiger partial charge in [0.05, 0.1) is 13.2 Å². The SMILES string of the molecule is C=C1NC(=O)N[C@@H](c2c(C)cc(C)cc2C)[C@@H]1C(=O)Nc1ccc(OC)cc1. The standard InChI is InChI=1S/C22H25N3O3/c1-12-10-13(2)18(14(3)11-12)20-19(15(4)23-22(27)25-20)21(26)24-16-6-8-17(28-5)9-7-16/h6-11,19-20H,4H2,1-3,5H3,(H,24,26)(H2,23,25,27)/t19-,20+/m1/s1. The van der Waals surface area contributed by atoms with Gasteiger partial charge in [-0.2, -0.15) is 0 Å². The van der Waals surface area contributed by atoms with E-state index < -0.39 is 12.0 Å². The normalized spacial score (nSPS) is 18.9. The first-order chi connectivity index (χ1) is 13.3. The second-order valence-electron chi connectivity index (χ2n) is 7.11. The van der Waals surface area contributed by atoms with E-state index in [1.54, 1.807) is 31.4 Å². The molecule has 3 rings (SSSR count). The maximum absolute atomic E-state index is 13.1. The van der Waals surface area contributed by atoms with Gasteiger partial charge in [0.2, 0.25) is 5.91 Å². The van der Waals surface area contributed by atoms with Crippen LogP contribution < -0.4 is 20.7 Å². The molecule has 1 saturated heterocycles. The van der Waals surface area contributed by atoms with Gasteiger partial charge in [-0.1, -0.05) is 24.3 Å². The van der Waals surface area contributed by atoms with E-state index in [4.69, 9.17) is 4.74 Å². The smallest absolute Gasteiger partial charge is 0.319 e. The monoisotopic (exact) mass is 379 g/mol. The van der Waals surface area contributed by atoms with Crippen molar-refractivity contribution in [3.8, 4) is 5.75 Å². The lowest BCUT2D eigenvalue weighted by atomic mass is 9.83. The minimum atomic E-state index is -0.653. The summed E-state index contributed by atoms with van der Waals surface area (Å²) in [6.07, 6.45) is 0. The van der Waals surface area contributed by atoms with Crippen LogP contribution in [0.15, 0.2) is 48.7 Å². The predicted molar refractivity (Wildman–Crippen MR) is 109 cm³/mol. The molecule has 0 aromatic heterocycles. The number of nitrogens with one attached hydrogen (secondary N) is 3. The number of benzene rings is 2. The van der Waals surface area contributed by atoms with Gasteiger partial charge >= 0.3 is 6.03 Å². The summed E-state index contributed by atoms with van der Waals surface area (Å²) < 4.78 is 5.15. The Kier molecular flexibility index (Phi) is 5.40. The highest BCUT2D eigenvalue weighted by Gasteiger charge is 2.39. The molecule has 3 N–H and O–H groups in total. The molecule has 1 aliphatic heterocycles. The van der Waals surface area contributed by atoms with Crippen LogP contribution in [0.5, 0.6) is 5.75 Å². The van der Waals surface area contributed by atoms with Crippen LogP contribution in [0.1, 0.15) is 28.3 Å². The summed E-state index contributed by atoms with van der Waals surface area (Å²) in [5.74, 6) is -0.190. The number of hydrogen-bond acceptors (Lipinski definition) is 3. The third-order valence-corrected chi connectivity index (χ3v) is 4.96. The van der Waals surface area contributed by atoms with E-state index in [1.807, 2.05) is 20.8 Å². The number of carbonyl (C=O) groups excluding carboxylic acids is 2. The molecule has 28 heavy (non-hydrogen) atoms. The molecular weight excluding hydrogens is 354 g/mol. The van der Waals surface area contributed by atoms with Crippen molar-refractivity contribution in [2.24, 2.45) is 5.92 Å². The summed E-state index contributed by atoms with van der Waals surface area (Å²) in [7, 11) is 1.59. The quantitative estimate of drug-likeness (QED) is 0.757. The fourth-order valence-corrected chi connectivity index (χ4v) is 3.81. The summed E-state index contributed by atoms with van der Waals surface area (Å²) in [6, 6.07) is 10.3. The van der Waals surface area contributed by atoms with Crippen LogP contribution in [0.2, 0.25) is 0 Å². The van der Waals surface area contributed by atoms with Crippen molar-refractivity contribution in [3.05, 3.63) is 70.9 Å². The van der Waals surface area contributed by atoms with E-state index in [0.29, 0.717) is 17.1 Å². The van der Waals surface area contributed by atoms with Gasteiger partial charge < -0.3 is 20.7 Å². The maximum atomic E-state index is 13.1. The van der Waals surface area contributed by atoms with Crippen molar-refractivity contribution in [2.75, 3.05) is 12.4 Å². The van der Waals surface area contributed by atoms with Gasteiger partial charge in [0.15, 0.2) is 0 Å². The van der Waals surface area contributed by atoms with Crippen molar-refractivity contribution in [3.63, 3.8) is 0 Å². The van der Waals surface area contributed by atoms with E-state index in [-0.39, 0.29) is 11.9 Å². The van der Waals surface area contributed by atoms with Gasteiger partial charge in [-0.3, -0.25) is 4.79 Å². The molecule has 2 atom stereocenters. The lowest BCUT2D eigenvalue weighted by Gasteiger charge is -2.35. The minimum absolute atomic E-state index is 0.243. The molecule has 2 aromatic carbocycles. The Hall–Kier alpha value is -3.28. The van der Waals surface area contributed by atoms with E-state index in [0.717, 1.165) is 22.3 Å². The second kappa shape index (κ2) is 7.76. The molecule has 0 unspecified atom stereocenters. The first-order valence-corrected chi connectivity index (χ1v) is 9.09. The number of urea groups is 1. The van der Waals surface area contributed by atoms with Crippen LogP contribution in [-0.2, 0) is 4.79 Å². The van der Waals surface area contributed by atoms with E-state index in [1.165, 1.54) is 0 Å². The third-order valence-electron chi connectivity index (χ3n) is 4.96. The molecule has 0 spiro atoms. The average molecular weight is 379 g/mol. The largest absolute Gasteiger partial charge is 0.497 e. The van der Waals surface area contributed by atoms with Crippen LogP contribution >= 0.6 is 0 Å². The lowest BCUT2D eigenvalue weighted by molar-refractivity contribution is -0.119. The van der Waals surface area contributed by atoms with Gasteiger partial charge in [0.1, 0.15) is 11.7 Å². The fraction of sp³-hybridized carbons (Fsp3) is 0.273. The van der Waals surface area contributed by atoms with Crippen LogP contribution in [0.3, 0.4) is 0 Å². The highest BCUT2D eigenvalue weighted by Crippen LogP contribution is 2.34. The third kappa shape index (κ3) is 3.86. The number of hydrogen-bond donors (Lipinski definition) is 3. The van der Waals surface area contributed by atoms with Crippen molar-refractivity contribution >= 4 is 17.6 Å². The van der Waals surface area contributed by atoms with Crippen molar-refractivity contribution in [2.45, 2.75) is 26.8 Å². The molecule has 0 saturated carbocycles. The Morgan fingerprint density at radius 2 is 1.71 bits per heavy atom. The Bertz CT molecular complexity index is 912. The second-order valence-corrected chi connectivity index (χ2v) is 7.11. The van der Waals surface area contributed by atoms with Crippen molar-refractivity contribution < 1.29 is 14.3 Å². The molecule has 146 valence electrons. The van der Waals surface area contributed by atoms with Gasteiger partial charge in [-0.25, -0.2) is 4.79 Å². The van der Waals surface area contributed by atoms with Crippen LogP contribution in [0.25, 0.3) is 0 Å². The number of aryl methyl sites for hydroxylation is 3. The Morgan fingerprint density at radius 3 is 2.29 bits per heavy atom. The zero-order valence-electron chi connectivity index (χ0n) is 16.6. The maximum Gasteiger partial charge on any atom is 0.319 e. The highest BCUT2D eigenvalue weighted by atomic mass is 16.5. The van der Waals surface area contributed by atoms with Gasteiger partial charge in [-0.15, -0.1) is 0 Å². The Balaban J connectivity index is 1.94. The van der Waals surface area contributed by atoms with Crippen LogP contribution in [0.4, 0.5) is 10.5 Å². The summed E-state index contributed by atoms with van der Waals surface area (Å²) in [6.45, 7) is 9.94. The number of rotatable bonds is 4. The lowest BCUT2D eigenvalue weighted by Crippen LogP contribution is -2.52. The average Bonchev–Trinajstić information content (AvgIpc) is 2.61. The molecule has 6 nitrogen and oxygen atoms in total. The number of amides is 3. The topological polar surface area (TPSA) is 79.5 Å². The zero-order valence-corrected chi connectivity index (χ0v) is 16.6. The molecule has 0 radical (unpaired) electrons. The van der Waals surface area contributed by atoms with E-state index in [2.05, 4.69) is 34.7 Å². The molecule has 2 aromatic rings. The summed E-state index contributed by atoms with van der Waals surface area (Å²) in [5, 5.41) is 8.46. The van der Waals surface area contributed by atoms with Crippen molar-refractivity contribution in [1.82, 2.24) is 10.6 Å². The molecule has 0 bridgehead atoms. The van der Waals surface area contributed by atoms with Gasteiger partial charge in [0, 0.05) is 11.4 Å². The molecule has 1 aliphatic rings. The first-order valence-electron chi connectivity index (χ1n) is 9.09. The Morgan fingerprint density at radius 1 is 1.11 bits per heavy atom. The van der Waals surface area contributed by atoms with Crippen LogP contribution in [0, 0.1) is 26.7 Å². The molecule has 1 fully saturated rings. The predicted octanol–water partition coefficient (Wildman–Crippen LogP) is 3.74. The zero-order chi connectivity index (χ0) is 20.4. The fourth-order valence-electron chi connectivity index (χ4n) is 3.81. The highest BCUT2D eigenvalue weighted by molar-refractivity contribution is 5.97. The van der Waals surface area contributed by atoms with Crippen molar-refractivity contribution in [1.29, 1.82) is 0 Å². The van der Waals surface area contributed by atoms with Crippen LogP contribution in [-0.4, -0.2) is 19.0 Å². The number of ether oxygens (including phenoxy) is 1. The van der Waals surface area contributed by atoms with E-state index >= 15 is 0 Å². The first kappa shape index (κ1) is 19.5. The summed E-state index contributed by atoms with van der Waals surface area (Å²) >= 11 is 0. The summed E-state index contributed by atoms with van der Waals surface area (Å²) in [4.78, 5) is 25.2. The van der Waals surface area contributed by atoms with Gasteiger partial charge in [0.25, 0.3) is 0 Å². The Labute approximate surface area is 165 Å². The van der Waals surface area contributed by atoms with E-state index in [9.17, 15) is 9.59 Å². The minimum Gasteiger partial charge on any atom is -0.497 e. The number of anilines is 1. The molecular formula is C22H25N3O3. The number of methoxy groups -OCH3 is 1. The number of carbonyl (C=O) groups is 2. The molecule has 0 aliphatic carbocycles. The molecule has 1 heterocycles.